The van der Waals surface area contributed by atoms with Crippen LogP contribution in [0.5, 0.6) is 0 Å². The number of rotatable bonds is 2. The first kappa shape index (κ1) is 13.1. The summed E-state index contributed by atoms with van der Waals surface area (Å²) in [6.45, 7) is 4.24. The summed E-state index contributed by atoms with van der Waals surface area (Å²) < 4.78 is 0. The van der Waals surface area contributed by atoms with Crippen molar-refractivity contribution in [1.29, 1.82) is 0 Å². The number of halogens is 2. The minimum Gasteiger partial charge on any atom is -0.389 e. The van der Waals surface area contributed by atoms with Gasteiger partial charge < -0.3 is 5.11 Å². The molecule has 0 aromatic carbocycles. The summed E-state index contributed by atoms with van der Waals surface area (Å²) in [6.07, 6.45) is 3.57. The maximum atomic E-state index is 10.0. The fourth-order valence-electron chi connectivity index (χ4n) is 2.25. The number of hydrogen-bond donors (Lipinski definition) is 1. The summed E-state index contributed by atoms with van der Waals surface area (Å²) in [5, 5.41) is 11.1. The summed E-state index contributed by atoms with van der Waals surface area (Å²) in [5.41, 5.74) is 0.360. The van der Waals surface area contributed by atoms with Gasteiger partial charge in [-0.25, -0.2) is 4.98 Å². The van der Waals surface area contributed by atoms with Crippen molar-refractivity contribution < 1.29 is 5.11 Å². The Morgan fingerprint density at radius 1 is 1.53 bits per heavy atom. The van der Waals surface area contributed by atoms with Crippen molar-refractivity contribution in [3.8, 4) is 0 Å². The van der Waals surface area contributed by atoms with E-state index in [-0.39, 0.29) is 0 Å². The first-order chi connectivity index (χ1) is 7.96. The second kappa shape index (κ2) is 5.11. The fraction of sp³-hybridized carbons (Fsp3) is 0.583. The van der Waals surface area contributed by atoms with Crippen molar-refractivity contribution in [1.82, 2.24) is 9.88 Å². The molecule has 2 rings (SSSR count). The molecular weight excluding hydrogens is 259 g/mol. The SMILES string of the molecule is CC1(O)CCCN(Cc2cnc(Cl)cc2Cl)C1. The first-order valence-corrected chi connectivity index (χ1v) is 6.46. The molecule has 0 aliphatic carbocycles. The van der Waals surface area contributed by atoms with Crippen LogP contribution < -0.4 is 0 Å². The van der Waals surface area contributed by atoms with E-state index in [0.29, 0.717) is 23.3 Å². The third-order valence-electron chi connectivity index (χ3n) is 3.04. The molecule has 1 aliphatic heterocycles. The Bertz CT molecular complexity index is 409. The zero-order valence-electron chi connectivity index (χ0n) is 9.79. The van der Waals surface area contributed by atoms with Gasteiger partial charge in [-0.15, -0.1) is 0 Å². The molecule has 0 spiro atoms. The van der Waals surface area contributed by atoms with E-state index < -0.39 is 5.60 Å². The molecular formula is C12H16Cl2N2O. The lowest BCUT2D eigenvalue weighted by Crippen LogP contribution is -2.45. The van der Waals surface area contributed by atoms with E-state index in [9.17, 15) is 5.11 Å². The highest BCUT2D eigenvalue weighted by molar-refractivity contribution is 6.34. The molecule has 1 fully saturated rings. The van der Waals surface area contributed by atoms with Gasteiger partial charge in [-0.3, -0.25) is 4.90 Å². The van der Waals surface area contributed by atoms with Gasteiger partial charge in [-0.05, 0) is 32.4 Å². The predicted molar refractivity (Wildman–Crippen MR) is 69.4 cm³/mol. The maximum Gasteiger partial charge on any atom is 0.130 e. The van der Waals surface area contributed by atoms with Crippen molar-refractivity contribution in [2.45, 2.75) is 31.9 Å². The van der Waals surface area contributed by atoms with Gasteiger partial charge in [0, 0.05) is 29.9 Å². The lowest BCUT2D eigenvalue weighted by atomic mass is 9.95. The Morgan fingerprint density at radius 3 is 2.94 bits per heavy atom. The molecule has 0 bridgehead atoms. The normalized spacial score (nSPS) is 26.1. The third-order valence-corrected chi connectivity index (χ3v) is 3.60. The van der Waals surface area contributed by atoms with Gasteiger partial charge in [-0.2, -0.15) is 0 Å². The van der Waals surface area contributed by atoms with Crippen LogP contribution in [0.1, 0.15) is 25.3 Å². The van der Waals surface area contributed by atoms with E-state index in [2.05, 4.69) is 9.88 Å². The number of likely N-dealkylation sites (tertiary alicyclic amines) is 1. The van der Waals surface area contributed by atoms with Gasteiger partial charge in [0.05, 0.1) is 5.60 Å². The molecule has 1 unspecified atom stereocenters. The number of piperidine rings is 1. The summed E-state index contributed by atoms with van der Waals surface area (Å²) in [7, 11) is 0. The molecule has 0 radical (unpaired) electrons. The largest absolute Gasteiger partial charge is 0.389 e. The van der Waals surface area contributed by atoms with E-state index in [1.54, 1.807) is 12.3 Å². The highest BCUT2D eigenvalue weighted by atomic mass is 35.5. The third kappa shape index (κ3) is 3.55. The van der Waals surface area contributed by atoms with E-state index >= 15 is 0 Å². The number of β-amino-alcohol motifs (C(OH)–C–C–N with tert-alkyl or cyclic N) is 1. The van der Waals surface area contributed by atoms with Crippen LogP contribution in [0.4, 0.5) is 0 Å². The molecule has 5 heteroatoms. The molecule has 1 saturated heterocycles. The monoisotopic (exact) mass is 274 g/mol. The molecule has 3 nitrogen and oxygen atoms in total. The second-order valence-corrected chi connectivity index (χ2v) is 5.70. The lowest BCUT2D eigenvalue weighted by Gasteiger charge is -2.36. The van der Waals surface area contributed by atoms with Crippen LogP contribution >= 0.6 is 23.2 Å². The van der Waals surface area contributed by atoms with E-state index in [0.717, 1.165) is 24.9 Å². The highest BCUT2D eigenvalue weighted by Gasteiger charge is 2.28. The minimum atomic E-state index is -0.593. The van der Waals surface area contributed by atoms with Crippen LogP contribution in [-0.4, -0.2) is 33.7 Å². The number of aliphatic hydroxyl groups is 1. The summed E-state index contributed by atoms with van der Waals surface area (Å²) >= 11 is 11.9. The van der Waals surface area contributed by atoms with E-state index in [1.165, 1.54) is 0 Å². The molecule has 94 valence electrons. The Balaban J connectivity index is 2.05. The van der Waals surface area contributed by atoms with Gasteiger partial charge in [-0.1, -0.05) is 23.2 Å². The number of nitrogens with zero attached hydrogens (tertiary/aromatic N) is 2. The highest BCUT2D eigenvalue weighted by Crippen LogP contribution is 2.24. The molecule has 1 N–H and O–H groups in total. The summed E-state index contributed by atoms with van der Waals surface area (Å²) in [4.78, 5) is 6.23. The van der Waals surface area contributed by atoms with Gasteiger partial charge in [0.15, 0.2) is 0 Å². The molecule has 1 aromatic heterocycles. The van der Waals surface area contributed by atoms with Crippen LogP contribution in [0.25, 0.3) is 0 Å². The van der Waals surface area contributed by atoms with Crippen molar-refractivity contribution in [2.24, 2.45) is 0 Å². The quantitative estimate of drug-likeness (QED) is 0.843. The second-order valence-electron chi connectivity index (χ2n) is 4.91. The van der Waals surface area contributed by atoms with Crippen LogP contribution in [0.2, 0.25) is 10.2 Å². The van der Waals surface area contributed by atoms with E-state index in [4.69, 9.17) is 23.2 Å². The van der Waals surface area contributed by atoms with Crippen LogP contribution in [0.3, 0.4) is 0 Å². The van der Waals surface area contributed by atoms with Crippen LogP contribution in [-0.2, 0) is 6.54 Å². The number of pyridine rings is 1. The Hall–Kier alpha value is -0.350. The van der Waals surface area contributed by atoms with Crippen molar-refractivity contribution in [3.05, 3.63) is 28.0 Å². The lowest BCUT2D eigenvalue weighted by molar-refractivity contribution is -0.0181. The van der Waals surface area contributed by atoms with Gasteiger partial charge in [0.25, 0.3) is 0 Å². The van der Waals surface area contributed by atoms with Crippen molar-refractivity contribution >= 4 is 23.2 Å². The smallest absolute Gasteiger partial charge is 0.130 e. The van der Waals surface area contributed by atoms with Gasteiger partial charge >= 0.3 is 0 Å². The average molecular weight is 275 g/mol. The van der Waals surface area contributed by atoms with Crippen molar-refractivity contribution in [2.75, 3.05) is 13.1 Å². The zero-order chi connectivity index (χ0) is 12.5. The van der Waals surface area contributed by atoms with Crippen LogP contribution in [0, 0.1) is 0 Å². The number of aromatic nitrogens is 1. The average Bonchev–Trinajstić information content (AvgIpc) is 2.21. The van der Waals surface area contributed by atoms with Gasteiger partial charge in [0.1, 0.15) is 5.15 Å². The fourth-order valence-corrected chi connectivity index (χ4v) is 2.68. The van der Waals surface area contributed by atoms with Crippen LogP contribution in [0.15, 0.2) is 12.3 Å². The molecule has 0 saturated carbocycles. The molecule has 1 atom stereocenters. The predicted octanol–water partition coefficient (Wildman–Crippen LogP) is 2.74. The molecule has 2 heterocycles. The first-order valence-electron chi connectivity index (χ1n) is 5.71. The Labute approximate surface area is 111 Å². The topological polar surface area (TPSA) is 36.4 Å². The summed E-state index contributed by atoms with van der Waals surface area (Å²) in [5.74, 6) is 0. The standard InChI is InChI=1S/C12H16Cl2N2O/c1-12(17)3-2-4-16(8-12)7-9-6-15-11(14)5-10(9)13/h5-6,17H,2-4,7-8H2,1H3. The molecule has 1 aliphatic rings. The Kier molecular flexibility index (Phi) is 3.93. The zero-order valence-corrected chi connectivity index (χ0v) is 11.3. The molecule has 0 amide bonds. The minimum absolute atomic E-state index is 0.407. The molecule has 1 aromatic rings. The molecule has 17 heavy (non-hydrogen) atoms. The van der Waals surface area contributed by atoms with E-state index in [1.807, 2.05) is 6.92 Å². The maximum absolute atomic E-state index is 10.0. The summed E-state index contributed by atoms with van der Waals surface area (Å²) in [6, 6.07) is 1.65. The number of hydrogen-bond acceptors (Lipinski definition) is 3. The van der Waals surface area contributed by atoms with Crippen molar-refractivity contribution in [3.63, 3.8) is 0 Å². The Morgan fingerprint density at radius 2 is 2.29 bits per heavy atom. The van der Waals surface area contributed by atoms with Gasteiger partial charge in [0.2, 0.25) is 0 Å².